The Kier molecular flexibility index (Phi) is 13.3. The van der Waals surface area contributed by atoms with Crippen molar-refractivity contribution in [2.75, 3.05) is 0 Å². The molecule has 0 fully saturated rings. The molecule has 0 saturated carbocycles. The van der Waals surface area contributed by atoms with Gasteiger partial charge in [-0.1, -0.05) is 160 Å². The topological polar surface area (TPSA) is 0 Å². The van der Waals surface area contributed by atoms with Gasteiger partial charge in [0.15, 0.2) is 0 Å². The molecule has 4 aromatic rings. The summed E-state index contributed by atoms with van der Waals surface area (Å²) in [7, 11) is 0. The molecule has 44 heavy (non-hydrogen) atoms. The Hall–Kier alpha value is -3.19. The van der Waals surface area contributed by atoms with E-state index in [-0.39, 0.29) is 62.0 Å². The van der Waals surface area contributed by atoms with Gasteiger partial charge in [-0.25, -0.2) is 4.39 Å². The van der Waals surface area contributed by atoms with Crippen molar-refractivity contribution in [1.29, 1.82) is 0 Å². The molecule has 4 rings (SSSR count). The summed E-state index contributed by atoms with van der Waals surface area (Å²) < 4.78 is 88.4. The largest absolute Gasteiger partial charge is 0.207 e. The van der Waals surface area contributed by atoms with Crippen LogP contribution in [-0.4, -0.2) is 0 Å². The third-order valence-electron chi connectivity index (χ3n) is 6.70. The van der Waals surface area contributed by atoms with E-state index in [4.69, 9.17) is 13.7 Å². The van der Waals surface area contributed by atoms with Crippen molar-refractivity contribution < 1.29 is 18.1 Å². The Bertz CT molecular complexity index is 1730. The maximum Gasteiger partial charge on any atom is 0.126 e. The van der Waals surface area contributed by atoms with Crippen molar-refractivity contribution in [2.24, 2.45) is 0 Å². The number of halogens is 1. The molecule has 0 aliphatic heterocycles. The third-order valence-corrected chi connectivity index (χ3v) is 6.70. The predicted molar refractivity (Wildman–Crippen MR) is 199 cm³/mol. The summed E-state index contributed by atoms with van der Waals surface area (Å²) in [5.41, 5.74) is 7.35. The monoisotopic (exact) mass is 611 g/mol. The van der Waals surface area contributed by atoms with Crippen LogP contribution in [0.15, 0.2) is 84.8 Å². The molecule has 0 bridgehead atoms. The van der Waals surface area contributed by atoms with Crippen molar-refractivity contribution in [2.45, 2.75) is 128 Å². The van der Waals surface area contributed by atoms with E-state index in [1.165, 1.54) is 34.7 Å². The third kappa shape index (κ3) is 16.0. The standard InChI is InChI=1S/C11H16.C10H13F.2C10H14.2CH4/c1-8(2)11-6-5-9(3)10(4)7-11;1-7(2)9-4-5-10(11)8(3)6-9;2*1-8(2)10-6-4-9(3)5-7-10;;/h5-8H,1-4H3;4-7H,1-3H3;2*4-8H,1-3H3;2*1H4/i;4D,5D,6D;3D3,4D,5D,6D,7D;;;. The minimum absolute atomic E-state index is 0. The molecule has 0 aliphatic carbocycles. The van der Waals surface area contributed by atoms with Crippen LogP contribution < -0.4 is 0 Å². The van der Waals surface area contributed by atoms with Crippen LogP contribution >= 0.6 is 0 Å². The fraction of sp³-hybridized carbons (Fsp3) is 0.442. The van der Waals surface area contributed by atoms with Crippen molar-refractivity contribution >= 4 is 0 Å². The van der Waals surface area contributed by atoms with E-state index in [9.17, 15) is 4.39 Å². The summed E-state index contributed by atoms with van der Waals surface area (Å²) in [4.78, 5) is 0. The van der Waals surface area contributed by atoms with Gasteiger partial charge in [0.05, 0.1) is 9.60 Å². The van der Waals surface area contributed by atoms with E-state index in [0.717, 1.165) is 0 Å². The minimum atomic E-state index is -2.63. The van der Waals surface area contributed by atoms with Gasteiger partial charge in [0, 0.05) is 4.11 Å². The molecular formula is C43H65F. The van der Waals surface area contributed by atoms with E-state index < -0.39 is 36.4 Å². The lowest BCUT2D eigenvalue weighted by Crippen LogP contribution is -1.89. The van der Waals surface area contributed by atoms with Crippen LogP contribution in [0, 0.1) is 40.4 Å². The van der Waals surface area contributed by atoms with Gasteiger partial charge in [0.2, 0.25) is 0 Å². The highest BCUT2D eigenvalue weighted by Gasteiger charge is 2.02. The lowest BCUT2D eigenvalue weighted by atomic mass is 9.99. The molecule has 0 N–H and O–H groups in total. The SMILES string of the molecule is C.C.Cc1ccc(C(C)C)cc1.Cc1ccc(C(C)C)cc1C.[2H]c1c([2H])c(C(C)C)c([2H])c(C)c1F.[2H]c1c([2H])c(C([2H])([2H])[2H])c([2H])c([2H])c1C(C)C. The first-order valence-corrected chi connectivity index (χ1v) is 14.8. The van der Waals surface area contributed by atoms with E-state index in [2.05, 4.69) is 90.9 Å². The van der Waals surface area contributed by atoms with Gasteiger partial charge in [-0.3, -0.25) is 0 Å². The van der Waals surface area contributed by atoms with Crippen LogP contribution in [0.2, 0.25) is 0 Å². The van der Waals surface area contributed by atoms with E-state index in [1.54, 1.807) is 13.8 Å². The van der Waals surface area contributed by atoms with E-state index in [0.29, 0.717) is 17.4 Å². The average molecular weight is 611 g/mol. The second-order valence-electron chi connectivity index (χ2n) is 11.9. The zero-order chi connectivity index (χ0) is 40.6. The average Bonchev–Trinajstić information content (AvgIpc) is 3.03. The minimum Gasteiger partial charge on any atom is -0.207 e. The fourth-order valence-electron chi connectivity index (χ4n) is 3.48. The second kappa shape index (κ2) is 21.5. The molecule has 0 nitrogen and oxygen atoms in total. The summed E-state index contributed by atoms with van der Waals surface area (Å²) in [5, 5.41) is 0. The Morgan fingerprint density at radius 2 is 0.955 bits per heavy atom. The lowest BCUT2D eigenvalue weighted by molar-refractivity contribution is 0.616. The zero-order valence-corrected chi connectivity index (χ0v) is 27.7. The van der Waals surface area contributed by atoms with E-state index in [1.807, 2.05) is 13.8 Å². The highest BCUT2D eigenvalue weighted by Crippen LogP contribution is 2.18. The maximum absolute atomic E-state index is 13.3. The molecule has 0 saturated heterocycles. The summed E-state index contributed by atoms with van der Waals surface area (Å²) in [6, 6.07) is 13.5. The van der Waals surface area contributed by atoms with Crippen LogP contribution in [0.25, 0.3) is 0 Å². The van der Waals surface area contributed by atoms with Gasteiger partial charge in [0.1, 0.15) is 5.82 Å². The van der Waals surface area contributed by atoms with Crippen molar-refractivity contribution in [1.82, 2.24) is 0 Å². The lowest BCUT2D eigenvalue weighted by Gasteiger charge is -2.07. The van der Waals surface area contributed by atoms with Crippen molar-refractivity contribution in [3.05, 3.63) is 141 Å². The molecule has 0 aliphatic rings. The molecule has 1 heteroatoms. The number of rotatable bonds is 4. The Morgan fingerprint density at radius 3 is 1.39 bits per heavy atom. The molecule has 244 valence electrons. The zero-order valence-electron chi connectivity index (χ0n) is 37.7. The molecular weight excluding hydrogens is 535 g/mol. The van der Waals surface area contributed by atoms with Gasteiger partial charge >= 0.3 is 0 Å². The first kappa shape index (κ1) is 27.1. The van der Waals surface area contributed by atoms with Gasteiger partial charge in [-0.05, 0) is 103 Å². The van der Waals surface area contributed by atoms with Crippen LogP contribution in [0.4, 0.5) is 4.39 Å². The van der Waals surface area contributed by atoms with Gasteiger partial charge < -0.3 is 0 Å². The van der Waals surface area contributed by atoms with Crippen LogP contribution in [0.5, 0.6) is 0 Å². The Morgan fingerprint density at radius 1 is 0.500 bits per heavy atom. The number of hydrogen-bond donors (Lipinski definition) is 0. The molecule has 0 atom stereocenters. The quantitative estimate of drug-likeness (QED) is 0.216. The van der Waals surface area contributed by atoms with Gasteiger partial charge in [0.25, 0.3) is 0 Å². The normalized spacial score (nSPS) is 13.6. The predicted octanol–water partition coefficient (Wildman–Crippen LogP) is 14.2. The summed E-state index contributed by atoms with van der Waals surface area (Å²) in [6.07, 6.45) is 0. The molecule has 0 unspecified atom stereocenters. The maximum atomic E-state index is 13.3. The highest BCUT2D eigenvalue weighted by molar-refractivity contribution is 5.31. The fourth-order valence-corrected chi connectivity index (χ4v) is 3.48. The summed E-state index contributed by atoms with van der Waals surface area (Å²) in [5.74, 6) is 0.339. The molecule has 0 aromatic heterocycles. The number of hydrogen-bond acceptors (Lipinski definition) is 0. The van der Waals surface area contributed by atoms with Crippen molar-refractivity contribution in [3.8, 4) is 0 Å². The van der Waals surface area contributed by atoms with Crippen LogP contribution in [-0.2, 0) is 0 Å². The molecule has 0 spiro atoms. The van der Waals surface area contributed by atoms with E-state index >= 15 is 0 Å². The van der Waals surface area contributed by atoms with Gasteiger partial charge in [-0.2, -0.15) is 0 Å². The Balaban J connectivity index is 0. The first-order chi connectivity index (χ1) is 23.8. The molecule has 0 heterocycles. The first-order valence-electron chi connectivity index (χ1n) is 19.8. The summed E-state index contributed by atoms with van der Waals surface area (Å²) in [6.45, 7) is 21.3. The number of aryl methyl sites for hydroxylation is 3. The van der Waals surface area contributed by atoms with Crippen LogP contribution in [0.3, 0.4) is 0 Å². The Labute approximate surface area is 287 Å². The molecule has 0 radical (unpaired) electrons. The van der Waals surface area contributed by atoms with Gasteiger partial charge in [-0.15, -0.1) is 0 Å². The highest BCUT2D eigenvalue weighted by atomic mass is 19.1. The van der Waals surface area contributed by atoms with Crippen LogP contribution in [0.1, 0.15) is 158 Å². The summed E-state index contributed by atoms with van der Waals surface area (Å²) >= 11 is 0. The smallest absolute Gasteiger partial charge is 0.126 e. The number of benzene rings is 4. The van der Waals surface area contributed by atoms with Crippen molar-refractivity contribution in [3.63, 3.8) is 0 Å². The second-order valence-corrected chi connectivity index (χ2v) is 11.9. The molecule has 0 amide bonds. The molecule has 4 aromatic carbocycles.